The molecule has 0 N–H and O–H groups in total. The maximum Gasteiger partial charge on any atom is 0.244 e. The summed E-state index contributed by atoms with van der Waals surface area (Å²) in [6.07, 6.45) is 2.26. The lowest BCUT2D eigenvalue weighted by Gasteiger charge is -2.20. The fourth-order valence-electron chi connectivity index (χ4n) is 3.45. The van der Waals surface area contributed by atoms with Gasteiger partial charge in [-0.2, -0.15) is 0 Å². The molecule has 0 aliphatic heterocycles. The van der Waals surface area contributed by atoms with Crippen LogP contribution in [0.25, 0.3) is 11.3 Å². The molecule has 0 saturated heterocycles. The van der Waals surface area contributed by atoms with E-state index in [1.807, 2.05) is 48.5 Å². The van der Waals surface area contributed by atoms with Gasteiger partial charge in [0.2, 0.25) is 8.07 Å². The quantitative estimate of drug-likeness (QED) is 0.188. The van der Waals surface area contributed by atoms with Crippen LogP contribution in [0.3, 0.4) is 0 Å². The van der Waals surface area contributed by atoms with Gasteiger partial charge in [0, 0.05) is 11.1 Å². The molecule has 0 unspecified atom stereocenters. The van der Waals surface area contributed by atoms with Crippen LogP contribution in [-0.4, -0.2) is 8.07 Å². The van der Waals surface area contributed by atoms with E-state index in [-0.39, 0.29) is 0 Å². The highest BCUT2D eigenvalue weighted by atomic mass is 28.3. The van der Waals surface area contributed by atoms with Crippen molar-refractivity contribution in [2.75, 3.05) is 0 Å². The highest BCUT2D eigenvalue weighted by Gasteiger charge is 2.30. The molecule has 0 amide bonds. The summed E-state index contributed by atoms with van der Waals surface area (Å²) in [6.45, 7) is 2.25. The summed E-state index contributed by atoms with van der Waals surface area (Å²) in [4.78, 5) is 0. The molecular weight excluding hydrogens is 400 g/mol. The first-order valence-electron chi connectivity index (χ1n) is 10.7. The lowest BCUT2D eigenvalue weighted by atomic mass is 10.1. The van der Waals surface area contributed by atoms with Crippen molar-refractivity contribution in [2.24, 2.45) is 0 Å². The zero-order valence-electron chi connectivity index (χ0n) is 18.1. The molecule has 0 heterocycles. The number of hydrogen-bond acceptors (Lipinski definition) is 0. The predicted octanol–water partition coefficient (Wildman–Crippen LogP) is 7.03. The molecule has 0 aliphatic carbocycles. The zero-order valence-corrected chi connectivity index (χ0v) is 19.1. The average molecular weight is 425 g/mol. The van der Waals surface area contributed by atoms with E-state index in [9.17, 15) is 0 Å². The first-order chi connectivity index (χ1) is 15.7. The predicted molar refractivity (Wildman–Crippen MR) is 139 cm³/mol. The third-order valence-electron chi connectivity index (χ3n) is 5.20. The molecule has 0 aliphatic rings. The molecule has 0 atom stereocenters. The van der Waals surface area contributed by atoms with Gasteiger partial charge in [-0.05, 0) is 47.1 Å². The second-order valence-corrected chi connectivity index (χ2v) is 11.0. The number of rotatable bonds is 3. The van der Waals surface area contributed by atoms with Gasteiger partial charge in [-0.25, -0.2) is 0 Å². The maximum absolute atomic E-state index is 3.65. The normalized spacial score (nSPS) is 11.0. The summed E-state index contributed by atoms with van der Waals surface area (Å²) in [5.74, 6) is 6.85. The van der Waals surface area contributed by atoms with E-state index in [1.165, 1.54) is 10.8 Å². The third kappa shape index (κ3) is 5.55. The molecule has 0 fully saturated rings. The molecule has 152 valence electrons. The minimum absolute atomic E-state index is 1.01. The lowest BCUT2D eigenvalue weighted by molar-refractivity contribution is 1.62. The summed E-state index contributed by atoms with van der Waals surface area (Å²) >= 11 is 0. The van der Waals surface area contributed by atoms with Crippen LogP contribution >= 0.6 is 0 Å². The van der Waals surface area contributed by atoms with Crippen molar-refractivity contribution in [1.29, 1.82) is 0 Å². The summed E-state index contributed by atoms with van der Waals surface area (Å²) in [6, 6.07) is 41.3. The van der Waals surface area contributed by atoms with Gasteiger partial charge in [0.05, 0.1) is 0 Å². The van der Waals surface area contributed by atoms with E-state index in [2.05, 4.69) is 108 Å². The largest absolute Gasteiger partial charge is 0.244 e. The second kappa shape index (κ2) is 10.3. The Kier molecular flexibility index (Phi) is 6.83. The van der Waals surface area contributed by atoms with E-state index >= 15 is 0 Å². The first-order valence-corrected chi connectivity index (χ1v) is 13.2. The fraction of sp³-hybridized carbons (Fsp3) is 0.0323. The van der Waals surface area contributed by atoms with E-state index in [0.717, 1.165) is 16.7 Å². The van der Waals surface area contributed by atoms with Gasteiger partial charge in [0.1, 0.15) is 0 Å². The molecule has 0 aromatic heterocycles. The Labute approximate surface area is 192 Å². The van der Waals surface area contributed by atoms with Gasteiger partial charge in [0.25, 0.3) is 0 Å². The highest BCUT2D eigenvalue weighted by Crippen LogP contribution is 2.28. The van der Waals surface area contributed by atoms with Crippen molar-refractivity contribution in [3.05, 3.63) is 144 Å². The first kappa shape index (κ1) is 21.2. The van der Waals surface area contributed by atoms with Crippen LogP contribution in [0.15, 0.2) is 121 Å². The summed E-state index contributed by atoms with van der Waals surface area (Å²) in [7, 11) is -2.53. The molecule has 32 heavy (non-hydrogen) atoms. The van der Waals surface area contributed by atoms with E-state index in [0.29, 0.717) is 0 Å². The Morgan fingerprint density at radius 1 is 0.562 bits per heavy atom. The van der Waals surface area contributed by atoms with Crippen molar-refractivity contribution in [3.8, 4) is 22.9 Å². The van der Waals surface area contributed by atoms with Crippen LogP contribution in [0.5, 0.6) is 0 Å². The average Bonchev–Trinajstić information content (AvgIpc) is 2.87. The minimum atomic E-state index is -2.53. The molecule has 0 saturated carbocycles. The minimum Gasteiger partial charge on any atom is -0.105 e. The van der Waals surface area contributed by atoms with Crippen LogP contribution in [0.2, 0.25) is 6.55 Å². The van der Waals surface area contributed by atoms with Crippen molar-refractivity contribution in [2.45, 2.75) is 6.55 Å². The Balaban J connectivity index is 1.90. The second-order valence-electron chi connectivity index (χ2n) is 7.69. The van der Waals surface area contributed by atoms with E-state index in [4.69, 9.17) is 0 Å². The topological polar surface area (TPSA) is 0 Å². The summed E-state index contributed by atoms with van der Waals surface area (Å²) < 4.78 is 0. The molecular formula is C31H24Si. The third-order valence-corrected chi connectivity index (χ3v) is 7.96. The monoisotopic (exact) mass is 424 g/mol. The van der Waals surface area contributed by atoms with Gasteiger partial charge in [-0.15, -0.1) is 11.1 Å². The van der Waals surface area contributed by atoms with Gasteiger partial charge >= 0.3 is 0 Å². The van der Waals surface area contributed by atoms with E-state index < -0.39 is 8.07 Å². The molecule has 4 aromatic rings. The standard InChI is InChI=1S/C31H24Si/c1-32(24-22-27-14-6-2-7-15-27,25-23-28-16-8-3-9-17-28)31(30-20-12-5-13-21-30)26-29-18-10-4-11-19-29/h2-21,26H,1H3/b31-26+. The van der Waals surface area contributed by atoms with Crippen LogP contribution in [0.1, 0.15) is 22.3 Å². The Morgan fingerprint density at radius 3 is 1.44 bits per heavy atom. The van der Waals surface area contributed by atoms with Gasteiger partial charge in [0.15, 0.2) is 0 Å². The highest BCUT2D eigenvalue weighted by molar-refractivity contribution is 7.08. The lowest BCUT2D eigenvalue weighted by Crippen LogP contribution is -2.30. The van der Waals surface area contributed by atoms with Crippen LogP contribution < -0.4 is 0 Å². The SMILES string of the molecule is C[Si](C#Cc1ccccc1)(C#Cc1ccccc1)/C(=C/c1ccccc1)c1ccccc1. The Hall–Kier alpha value is -4.04. The van der Waals surface area contributed by atoms with Crippen molar-refractivity contribution in [3.63, 3.8) is 0 Å². The van der Waals surface area contributed by atoms with Gasteiger partial charge in [-0.1, -0.05) is 115 Å². The molecule has 0 radical (unpaired) electrons. The maximum atomic E-state index is 3.65. The van der Waals surface area contributed by atoms with Crippen LogP contribution in [-0.2, 0) is 0 Å². The zero-order chi connectivity index (χ0) is 22.1. The molecule has 4 aromatic carbocycles. The molecule has 0 nitrogen and oxygen atoms in total. The Morgan fingerprint density at radius 2 is 0.969 bits per heavy atom. The fourth-order valence-corrected chi connectivity index (χ4v) is 5.77. The van der Waals surface area contributed by atoms with Crippen molar-refractivity contribution >= 4 is 19.3 Å². The van der Waals surface area contributed by atoms with E-state index in [1.54, 1.807) is 0 Å². The summed E-state index contributed by atoms with van der Waals surface area (Å²) in [5, 5.41) is 1.22. The molecule has 0 bridgehead atoms. The van der Waals surface area contributed by atoms with Crippen LogP contribution in [0.4, 0.5) is 0 Å². The van der Waals surface area contributed by atoms with Crippen molar-refractivity contribution < 1.29 is 0 Å². The van der Waals surface area contributed by atoms with Gasteiger partial charge < -0.3 is 0 Å². The van der Waals surface area contributed by atoms with Crippen LogP contribution in [0, 0.1) is 22.9 Å². The number of hydrogen-bond donors (Lipinski definition) is 0. The Bertz CT molecular complexity index is 1240. The molecule has 4 rings (SSSR count). The molecule has 0 spiro atoms. The molecule has 1 heteroatoms. The summed E-state index contributed by atoms with van der Waals surface area (Å²) in [5.41, 5.74) is 11.7. The van der Waals surface area contributed by atoms with Gasteiger partial charge in [-0.3, -0.25) is 0 Å². The smallest absolute Gasteiger partial charge is 0.105 e. The van der Waals surface area contributed by atoms with Crippen molar-refractivity contribution in [1.82, 2.24) is 0 Å². The number of benzene rings is 4.